The predicted molar refractivity (Wildman–Crippen MR) is 192 cm³/mol. The second-order valence-corrected chi connectivity index (χ2v) is 16.1. The van der Waals surface area contributed by atoms with Gasteiger partial charge in [-0.3, -0.25) is 14.4 Å². The van der Waals surface area contributed by atoms with Crippen LogP contribution in [0.1, 0.15) is 71.8 Å². The number of fused-ring (bicyclic) bond motifs is 2. The van der Waals surface area contributed by atoms with Crippen molar-refractivity contribution in [3.63, 3.8) is 0 Å². The van der Waals surface area contributed by atoms with Crippen LogP contribution in [-0.2, 0) is 19.1 Å². The SMILES string of the molecule is CC(C)(C)OC(=O)N[C@H]1CCCCCC=CC2C[C@@]2(C(=O)O)NC(=O)[C@@H]2C[C@@H](n3ncc(Sc4ncccn4)c(Sc4ncccn4)c3=O)CN2C1=O. The van der Waals surface area contributed by atoms with Crippen LogP contribution in [0.25, 0.3) is 0 Å². The Morgan fingerprint density at radius 2 is 1.68 bits per heavy atom. The summed E-state index contributed by atoms with van der Waals surface area (Å²) in [6.07, 6.45) is 14.1. The van der Waals surface area contributed by atoms with Crippen molar-refractivity contribution < 1.29 is 29.0 Å². The van der Waals surface area contributed by atoms with Crippen LogP contribution in [0.4, 0.5) is 4.79 Å². The van der Waals surface area contributed by atoms with Gasteiger partial charge in [0.2, 0.25) is 11.8 Å². The average Bonchev–Trinajstić information content (AvgIpc) is 3.63. The fourth-order valence-electron chi connectivity index (χ4n) is 6.43. The number of carbonyl (C=O) groups excluding carboxylic acids is 3. The van der Waals surface area contributed by atoms with E-state index in [-0.39, 0.29) is 30.7 Å². The minimum atomic E-state index is -1.51. The van der Waals surface area contributed by atoms with E-state index in [0.717, 1.165) is 36.4 Å². The van der Waals surface area contributed by atoms with Crippen LogP contribution in [0.15, 0.2) is 80.2 Å². The molecule has 280 valence electrons. The molecule has 16 nitrogen and oxygen atoms in total. The molecule has 3 aliphatic rings. The predicted octanol–water partition coefficient (Wildman–Crippen LogP) is 3.64. The summed E-state index contributed by atoms with van der Waals surface area (Å²) < 4.78 is 6.71. The third kappa shape index (κ3) is 9.04. The molecular weight excluding hydrogens is 723 g/mol. The number of alkyl carbamates (subject to hydrolysis) is 1. The van der Waals surface area contributed by atoms with Crippen molar-refractivity contribution in [3.8, 4) is 0 Å². The average molecular weight is 764 g/mol. The molecule has 0 spiro atoms. The zero-order valence-corrected chi connectivity index (χ0v) is 31.1. The van der Waals surface area contributed by atoms with Crippen LogP contribution in [0, 0.1) is 5.92 Å². The quantitative estimate of drug-likeness (QED) is 0.232. The molecule has 0 bridgehead atoms. The third-order valence-corrected chi connectivity index (χ3v) is 11.1. The molecule has 1 saturated heterocycles. The first-order chi connectivity index (χ1) is 25.3. The van der Waals surface area contributed by atoms with Crippen LogP contribution < -0.4 is 16.2 Å². The Balaban J connectivity index is 1.36. The van der Waals surface area contributed by atoms with E-state index < -0.39 is 64.6 Å². The second kappa shape index (κ2) is 16.0. The Morgan fingerprint density at radius 1 is 1.00 bits per heavy atom. The molecule has 1 saturated carbocycles. The summed E-state index contributed by atoms with van der Waals surface area (Å²) >= 11 is 2.18. The molecule has 5 atom stereocenters. The zero-order valence-electron chi connectivity index (χ0n) is 29.5. The number of nitrogens with zero attached hydrogens (tertiary/aromatic N) is 7. The molecule has 53 heavy (non-hydrogen) atoms. The van der Waals surface area contributed by atoms with E-state index >= 15 is 0 Å². The summed E-state index contributed by atoms with van der Waals surface area (Å²) in [7, 11) is 0. The van der Waals surface area contributed by atoms with E-state index in [0.29, 0.717) is 28.0 Å². The van der Waals surface area contributed by atoms with Crippen molar-refractivity contribution in [1.29, 1.82) is 0 Å². The number of hydrogen-bond acceptors (Lipinski definition) is 13. The van der Waals surface area contributed by atoms with Gasteiger partial charge >= 0.3 is 12.1 Å². The van der Waals surface area contributed by atoms with E-state index in [1.807, 2.05) is 12.2 Å². The molecule has 3 amide bonds. The molecule has 1 unspecified atom stereocenters. The van der Waals surface area contributed by atoms with Gasteiger partial charge in [-0.2, -0.15) is 5.10 Å². The number of hydrogen-bond donors (Lipinski definition) is 3. The Morgan fingerprint density at radius 3 is 2.34 bits per heavy atom. The number of aromatic nitrogens is 6. The highest BCUT2D eigenvalue weighted by molar-refractivity contribution is 8.02. The number of carboxylic acids is 1. The lowest BCUT2D eigenvalue weighted by atomic mass is 10.0. The van der Waals surface area contributed by atoms with Gasteiger partial charge in [-0.05, 0) is 82.1 Å². The molecule has 1 aliphatic carbocycles. The smallest absolute Gasteiger partial charge is 0.408 e. The summed E-state index contributed by atoms with van der Waals surface area (Å²) in [4.78, 5) is 87.4. The maximum absolute atomic E-state index is 14.4. The van der Waals surface area contributed by atoms with Gasteiger partial charge < -0.3 is 25.4 Å². The molecular formula is C35H41N9O7S2. The largest absolute Gasteiger partial charge is 0.479 e. The molecule has 0 radical (unpaired) electrons. The number of aliphatic carboxylic acids is 1. The number of ether oxygens (including phenoxy) is 1. The highest BCUT2D eigenvalue weighted by Crippen LogP contribution is 2.45. The van der Waals surface area contributed by atoms with Crippen molar-refractivity contribution in [2.24, 2.45) is 5.92 Å². The van der Waals surface area contributed by atoms with Gasteiger partial charge in [0, 0.05) is 43.7 Å². The first-order valence-electron chi connectivity index (χ1n) is 17.4. The Bertz CT molecular complexity index is 1930. The van der Waals surface area contributed by atoms with Gasteiger partial charge in [0.1, 0.15) is 23.2 Å². The van der Waals surface area contributed by atoms with Gasteiger partial charge in [-0.1, -0.05) is 25.0 Å². The van der Waals surface area contributed by atoms with Crippen LogP contribution in [0.5, 0.6) is 0 Å². The maximum atomic E-state index is 14.4. The Hall–Kier alpha value is -4.84. The fraction of sp³-hybridized carbons (Fsp3) is 0.486. The number of carboxylic acid groups (broad SMARTS) is 1. The molecule has 2 aliphatic heterocycles. The first-order valence-corrected chi connectivity index (χ1v) is 19.0. The van der Waals surface area contributed by atoms with E-state index in [4.69, 9.17) is 4.74 Å². The van der Waals surface area contributed by atoms with E-state index in [9.17, 15) is 29.1 Å². The standard InChI is InChI=1S/C35H41N9O7S2/c1-34(2,3)51-33(50)41-23-12-8-6-4-5-7-11-21-18-35(21,30(48)49)42-27(45)24-17-22(20-43(24)28(23)46)44-29(47)26(53-32-38-15-10-16-39-32)25(19-40-44)52-31-36-13-9-14-37-31/h7,9-11,13-16,19,21-24H,4-6,8,12,17-18,20H2,1-3H3,(H,41,50)(H,42,45)(H,48,49)/t21?,22-,23+,24+,35-/m1/s1. The molecule has 0 aromatic carbocycles. The molecule has 3 aromatic heterocycles. The fourth-order valence-corrected chi connectivity index (χ4v) is 8.13. The lowest BCUT2D eigenvalue weighted by molar-refractivity contribution is -0.145. The summed E-state index contributed by atoms with van der Waals surface area (Å²) in [6.45, 7) is 5.03. The highest BCUT2D eigenvalue weighted by atomic mass is 32.2. The van der Waals surface area contributed by atoms with E-state index in [1.165, 1.54) is 15.8 Å². The Kier molecular flexibility index (Phi) is 11.5. The summed E-state index contributed by atoms with van der Waals surface area (Å²) in [5, 5.41) is 20.9. The van der Waals surface area contributed by atoms with Crippen LogP contribution in [0.3, 0.4) is 0 Å². The lowest BCUT2D eigenvalue weighted by Crippen LogP contribution is -2.56. The second-order valence-electron chi connectivity index (χ2n) is 14.1. The lowest BCUT2D eigenvalue weighted by Gasteiger charge is -2.30. The van der Waals surface area contributed by atoms with Crippen molar-refractivity contribution in [3.05, 3.63) is 65.6 Å². The van der Waals surface area contributed by atoms with Gasteiger partial charge in [0.05, 0.1) is 22.0 Å². The summed E-state index contributed by atoms with van der Waals surface area (Å²) in [5.74, 6) is -2.78. The van der Waals surface area contributed by atoms with Crippen molar-refractivity contribution >= 4 is 47.4 Å². The molecule has 5 heterocycles. The van der Waals surface area contributed by atoms with Gasteiger partial charge in [-0.15, -0.1) is 0 Å². The number of nitrogens with one attached hydrogen (secondary N) is 2. The molecule has 3 aromatic rings. The van der Waals surface area contributed by atoms with Crippen molar-refractivity contribution in [1.82, 2.24) is 45.2 Å². The topological polar surface area (TPSA) is 211 Å². The zero-order chi connectivity index (χ0) is 37.8. The normalized spacial score (nSPS) is 24.9. The minimum Gasteiger partial charge on any atom is -0.479 e. The van der Waals surface area contributed by atoms with Gasteiger partial charge in [-0.25, -0.2) is 34.2 Å². The molecule has 3 N–H and O–H groups in total. The van der Waals surface area contributed by atoms with Crippen LogP contribution in [-0.4, -0.2) is 93.4 Å². The summed E-state index contributed by atoms with van der Waals surface area (Å²) in [5.41, 5.74) is -2.85. The highest BCUT2D eigenvalue weighted by Gasteiger charge is 2.61. The maximum Gasteiger partial charge on any atom is 0.408 e. The summed E-state index contributed by atoms with van der Waals surface area (Å²) in [6, 6.07) is 0.327. The van der Waals surface area contributed by atoms with Gasteiger partial charge in [0.25, 0.3) is 5.56 Å². The van der Waals surface area contributed by atoms with Gasteiger partial charge in [0.15, 0.2) is 10.3 Å². The van der Waals surface area contributed by atoms with Crippen LogP contribution in [0.2, 0.25) is 0 Å². The minimum absolute atomic E-state index is 0.0416. The van der Waals surface area contributed by atoms with E-state index in [2.05, 4.69) is 35.7 Å². The number of carbonyl (C=O) groups is 4. The molecule has 2 fully saturated rings. The molecule has 6 rings (SSSR count). The number of amides is 3. The molecule has 18 heteroatoms. The monoisotopic (exact) mass is 763 g/mol. The third-order valence-electron chi connectivity index (χ3n) is 9.08. The number of allylic oxidation sites excluding steroid dienone is 1. The van der Waals surface area contributed by atoms with Crippen molar-refractivity contribution in [2.75, 3.05) is 6.54 Å². The first kappa shape index (κ1) is 37.9. The van der Waals surface area contributed by atoms with Crippen molar-refractivity contribution in [2.45, 2.75) is 115 Å². The van der Waals surface area contributed by atoms with Crippen LogP contribution >= 0.6 is 23.5 Å². The van der Waals surface area contributed by atoms with E-state index in [1.54, 1.807) is 57.7 Å². The Labute approximate surface area is 314 Å². The number of rotatable bonds is 7.